The number of carbonyl (C=O) groups excluding carboxylic acids is 1. The largest absolute Gasteiger partial charge is 0.394 e. The molecule has 0 unspecified atom stereocenters. The zero-order chi connectivity index (χ0) is 19.6. The lowest BCUT2D eigenvalue weighted by Crippen LogP contribution is -2.30. The Morgan fingerprint density at radius 1 is 1.22 bits per heavy atom. The minimum absolute atomic E-state index is 0.0631. The molecule has 0 atom stereocenters. The second kappa shape index (κ2) is 7.63. The third-order valence-electron chi connectivity index (χ3n) is 4.27. The molecule has 0 spiro atoms. The van der Waals surface area contributed by atoms with Gasteiger partial charge in [0, 0.05) is 23.2 Å². The first-order valence-electron chi connectivity index (χ1n) is 8.46. The smallest absolute Gasteiger partial charge is 0.275 e. The first-order chi connectivity index (χ1) is 13.0. The summed E-state index contributed by atoms with van der Waals surface area (Å²) >= 11 is 6.44. The molecule has 0 radical (unpaired) electrons. The molecule has 138 valence electrons. The highest BCUT2D eigenvalue weighted by molar-refractivity contribution is 6.33. The zero-order valence-electron chi connectivity index (χ0n) is 15.0. The van der Waals surface area contributed by atoms with Gasteiger partial charge in [0.1, 0.15) is 5.69 Å². The van der Waals surface area contributed by atoms with E-state index in [-0.39, 0.29) is 11.4 Å². The van der Waals surface area contributed by atoms with Crippen LogP contribution in [0.2, 0.25) is 5.02 Å². The van der Waals surface area contributed by atoms with E-state index in [1.54, 1.807) is 0 Å². The van der Waals surface area contributed by atoms with Crippen molar-refractivity contribution in [1.82, 2.24) is 15.1 Å². The lowest BCUT2D eigenvalue weighted by Gasteiger charge is -2.15. The molecule has 0 aliphatic rings. The van der Waals surface area contributed by atoms with Crippen molar-refractivity contribution in [3.05, 3.63) is 75.2 Å². The number of nitrogens with one attached hydrogen (secondary N) is 1. The van der Waals surface area contributed by atoms with Crippen LogP contribution in [0.3, 0.4) is 0 Å². The topological polar surface area (TPSA) is 90.0 Å². The van der Waals surface area contributed by atoms with Crippen LogP contribution in [0.25, 0.3) is 16.8 Å². The minimum atomic E-state index is -0.603. The van der Waals surface area contributed by atoms with Crippen LogP contribution in [0.1, 0.15) is 23.0 Å². The van der Waals surface area contributed by atoms with Gasteiger partial charge in [-0.1, -0.05) is 42.8 Å². The van der Waals surface area contributed by atoms with Crippen molar-refractivity contribution >= 4 is 23.2 Å². The van der Waals surface area contributed by atoms with Crippen LogP contribution in [0.4, 0.5) is 5.69 Å². The van der Waals surface area contributed by atoms with Crippen LogP contribution in [-0.2, 0) is 6.42 Å². The van der Waals surface area contributed by atoms with Crippen molar-refractivity contribution < 1.29 is 4.79 Å². The number of nitrogens with zero attached hydrogens (tertiary/aromatic N) is 2. The number of anilines is 1. The molecule has 1 aromatic heterocycles. The van der Waals surface area contributed by atoms with Crippen LogP contribution in [0, 0.1) is 0 Å². The average Bonchev–Trinajstić information content (AvgIpc) is 2.69. The average molecular weight is 383 g/mol. The highest BCUT2D eigenvalue weighted by atomic mass is 35.5. The third kappa shape index (κ3) is 3.57. The summed E-state index contributed by atoms with van der Waals surface area (Å²) in [5.74, 6) is -0.593. The van der Waals surface area contributed by atoms with E-state index in [1.165, 1.54) is 17.9 Å². The fraction of sp³-hybridized carbons (Fsp3) is 0.150. The van der Waals surface area contributed by atoms with E-state index in [0.29, 0.717) is 10.7 Å². The lowest BCUT2D eigenvalue weighted by atomic mass is 10.0. The standard InChI is InChI=1S/C20H19ClN4O2/c1-3-12-8-9-15(21)14(10-12)13-6-4-5-7-17(13)25-11-16(22)19(26)18(24-25)20(27)23-2/h4-11H,3,22H2,1-2H3,(H,23,27). The first-order valence-corrected chi connectivity index (χ1v) is 8.83. The number of nitrogen functional groups attached to an aromatic ring is 1. The monoisotopic (exact) mass is 382 g/mol. The Balaban J connectivity index is 2.26. The van der Waals surface area contributed by atoms with E-state index in [4.69, 9.17) is 17.3 Å². The number of nitrogens with two attached hydrogens (primary N) is 1. The number of benzene rings is 2. The van der Waals surface area contributed by atoms with Gasteiger partial charge in [-0.05, 0) is 30.2 Å². The van der Waals surface area contributed by atoms with Crippen molar-refractivity contribution in [2.75, 3.05) is 12.8 Å². The molecule has 0 aliphatic carbocycles. The van der Waals surface area contributed by atoms with Crippen molar-refractivity contribution in [3.63, 3.8) is 0 Å². The predicted octanol–water partition coefficient (Wildman–Crippen LogP) is 3.06. The van der Waals surface area contributed by atoms with Crippen molar-refractivity contribution in [3.8, 4) is 16.8 Å². The predicted molar refractivity (Wildman–Crippen MR) is 107 cm³/mol. The second-order valence-corrected chi connectivity index (χ2v) is 6.38. The number of hydrogen-bond acceptors (Lipinski definition) is 4. The molecule has 0 aliphatic heterocycles. The van der Waals surface area contributed by atoms with Crippen molar-refractivity contribution in [1.29, 1.82) is 0 Å². The zero-order valence-corrected chi connectivity index (χ0v) is 15.7. The molecular formula is C20H19ClN4O2. The Morgan fingerprint density at radius 3 is 2.67 bits per heavy atom. The van der Waals surface area contributed by atoms with Crippen LogP contribution in [0.5, 0.6) is 0 Å². The van der Waals surface area contributed by atoms with Gasteiger partial charge in [0.25, 0.3) is 5.91 Å². The molecule has 1 amide bonds. The lowest BCUT2D eigenvalue weighted by molar-refractivity contribution is 0.0955. The molecule has 0 bridgehead atoms. The van der Waals surface area contributed by atoms with Crippen molar-refractivity contribution in [2.24, 2.45) is 0 Å². The highest BCUT2D eigenvalue weighted by Crippen LogP contribution is 2.33. The summed E-state index contributed by atoms with van der Waals surface area (Å²) in [5.41, 5.74) is 8.36. The van der Waals surface area contributed by atoms with Crippen LogP contribution < -0.4 is 16.5 Å². The first kappa shape index (κ1) is 18.7. The summed E-state index contributed by atoms with van der Waals surface area (Å²) in [5, 5.41) is 7.21. The summed E-state index contributed by atoms with van der Waals surface area (Å²) < 4.78 is 1.44. The normalized spacial score (nSPS) is 10.6. The van der Waals surface area contributed by atoms with E-state index in [9.17, 15) is 9.59 Å². The van der Waals surface area contributed by atoms with Crippen molar-refractivity contribution in [2.45, 2.75) is 13.3 Å². The maximum atomic E-state index is 12.2. The second-order valence-electron chi connectivity index (χ2n) is 5.97. The number of aryl methyl sites for hydroxylation is 1. The number of halogens is 1. The van der Waals surface area contributed by atoms with Gasteiger partial charge >= 0.3 is 0 Å². The number of carbonyl (C=O) groups is 1. The number of amides is 1. The fourth-order valence-corrected chi connectivity index (χ4v) is 3.02. The number of aromatic nitrogens is 2. The van der Waals surface area contributed by atoms with E-state index in [0.717, 1.165) is 23.1 Å². The molecule has 7 heteroatoms. The van der Waals surface area contributed by atoms with Crippen LogP contribution >= 0.6 is 11.6 Å². The number of para-hydroxylation sites is 1. The number of rotatable bonds is 4. The molecule has 0 saturated carbocycles. The van der Waals surface area contributed by atoms with E-state index >= 15 is 0 Å². The maximum absolute atomic E-state index is 12.2. The summed E-state index contributed by atoms with van der Waals surface area (Å²) in [6.07, 6.45) is 2.28. The Labute approximate surface area is 161 Å². The Kier molecular flexibility index (Phi) is 5.28. The summed E-state index contributed by atoms with van der Waals surface area (Å²) in [6, 6.07) is 13.3. The van der Waals surface area contributed by atoms with Gasteiger partial charge in [-0.3, -0.25) is 9.59 Å². The molecule has 3 N–H and O–H groups in total. The molecule has 2 aromatic carbocycles. The quantitative estimate of drug-likeness (QED) is 0.725. The van der Waals surface area contributed by atoms with Crippen LogP contribution in [0.15, 0.2) is 53.5 Å². The SMILES string of the molecule is CCc1ccc(Cl)c(-c2ccccc2-n2cc(N)c(=O)c(C(=O)NC)n2)c1. The summed E-state index contributed by atoms with van der Waals surface area (Å²) in [6.45, 7) is 2.07. The molecule has 0 saturated heterocycles. The molecule has 3 aromatic rings. The Morgan fingerprint density at radius 2 is 1.96 bits per heavy atom. The number of hydrogen-bond donors (Lipinski definition) is 2. The van der Waals surface area contributed by atoms with E-state index in [2.05, 4.69) is 17.3 Å². The van der Waals surface area contributed by atoms with Gasteiger partial charge in [-0.15, -0.1) is 0 Å². The minimum Gasteiger partial charge on any atom is -0.394 e. The van der Waals surface area contributed by atoms with E-state index < -0.39 is 11.3 Å². The molecule has 27 heavy (non-hydrogen) atoms. The molecule has 6 nitrogen and oxygen atoms in total. The van der Waals surface area contributed by atoms with Gasteiger partial charge in [-0.25, -0.2) is 4.68 Å². The van der Waals surface area contributed by atoms with Gasteiger partial charge < -0.3 is 11.1 Å². The third-order valence-corrected chi connectivity index (χ3v) is 4.60. The molecule has 0 fully saturated rings. The Hall–Kier alpha value is -3.12. The highest BCUT2D eigenvalue weighted by Gasteiger charge is 2.17. The molecular weight excluding hydrogens is 364 g/mol. The Bertz CT molecular complexity index is 1080. The molecule has 3 rings (SSSR count). The summed E-state index contributed by atoms with van der Waals surface area (Å²) in [7, 11) is 1.43. The van der Waals surface area contributed by atoms with E-state index in [1.807, 2.05) is 42.5 Å². The fourth-order valence-electron chi connectivity index (χ4n) is 2.80. The van der Waals surface area contributed by atoms with Gasteiger partial charge in [0.2, 0.25) is 5.43 Å². The molecule has 1 heterocycles. The van der Waals surface area contributed by atoms with Gasteiger partial charge in [0.15, 0.2) is 5.69 Å². The van der Waals surface area contributed by atoms with Gasteiger partial charge in [-0.2, -0.15) is 5.10 Å². The summed E-state index contributed by atoms with van der Waals surface area (Å²) in [4.78, 5) is 24.2. The van der Waals surface area contributed by atoms with Gasteiger partial charge in [0.05, 0.1) is 11.9 Å². The van der Waals surface area contributed by atoms with Crippen LogP contribution in [-0.4, -0.2) is 22.7 Å². The maximum Gasteiger partial charge on any atom is 0.275 e.